The molecule has 3 nitrogen and oxygen atoms in total. The Morgan fingerprint density at radius 1 is 1.54 bits per heavy atom. The summed E-state index contributed by atoms with van der Waals surface area (Å²) in [7, 11) is 0. The number of carbonyl (C=O) groups is 1. The molecule has 1 rings (SSSR count). The highest BCUT2D eigenvalue weighted by Crippen LogP contribution is 2.26. The third-order valence-electron chi connectivity index (χ3n) is 1.87. The van der Waals surface area contributed by atoms with Crippen molar-refractivity contribution >= 4 is 18.6 Å². The smallest absolute Gasteiger partial charge is 0.307 e. The first-order valence-electron chi connectivity index (χ1n) is 3.74. The van der Waals surface area contributed by atoms with Gasteiger partial charge >= 0.3 is 5.97 Å². The molecule has 0 heterocycles. The van der Waals surface area contributed by atoms with Gasteiger partial charge in [-0.25, -0.2) is 0 Å². The molecular weight excluding hydrogens is 188 g/mol. The molecule has 0 fully saturated rings. The lowest BCUT2D eigenvalue weighted by Gasteiger charge is -2.07. The van der Waals surface area contributed by atoms with Crippen molar-refractivity contribution in [1.29, 1.82) is 0 Å². The molecule has 4 heteroatoms. The quantitative estimate of drug-likeness (QED) is 0.633. The Labute approximate surface area is 81.4 Å². The summed E-state index contributed by atoms with van der Waals surface area (Å²) in [5, 5.41) is 17.9. The monoisotopic (exact) mass is 198 g/mol. The number of aromatic hydroxyl groups is 1. The van der Waals surface area contributed by atoms with Crippen LogP contribution in [0.15, 0.2) is 17.0 Å². The number of benzene rings is 1. The predicted octanol–water partition coefficient (Wildman–Crippen LogP) is 1.62. The minimum absolute atomic E-state index is 0.106. The summed E-state index contributed by atoms with van der Waals surface area (Å²) in [6, 6.07) is 3.09. The molecule has 1 aromatic rings. The van der Waals surface area contributed by atoms with Gasteiger partial charge < -0.3 is 10.2 Å². The van der Waals surface area contributed by atoms with Gasteiger partial charge in [-0.15, -0.1) is 12.6 Å². The molecule has 0 saturated heterocycles. The molecule has 0 bridgehead atoms. The maximum absolute atomic E-state index is 10.5. The summed E-state index contributed by atoms with van der Waals surface area (Å²) < 4.78 is 0. The molecule has 1 aromatic carbocycles. The fourth-order valence-electron chi connectivity index (χ4n) is 1.10. The lowest BCUT2D eigenvalue weighted by atomic mass is 10.0. The van der Waals surface area contributed by atoms with Gasteiger partial charge in [0.15, 0.2) is 0 Å². The normalized spacial score (nSPS) is 10.0. The number of carboxylic acid groups (broad SMARTS) is 1. The fraction of sp³-hybridized carbons (Fsp3) is 0.222. The summed E-state index contributed by atoms with van der Waals surface area (Å²) in [4.78, 5) is 11.1. The van der Waals surface area contributed by atoms with E-state index in [1.54, 1.807) is 13.0 Å². The number of phenolic OH excluding ortho intramolecular Hbond substituents is 1. The van der Waals surface area contributed by atoms with Crippen molar-refractivity contribution in [3.05, 3.63) is 23.3 Å². The van der Waals surface area contributed by atoms with E-state index in [9.17, 15) is 9.90 Å². The molecular formula is C9H10O3S. The molecule has 70 valence electrons. The number of hydrogen-bond acceptors (Lipinski definition) is 3. The summed E-state index contributed by atoms with van der Waals surface area (Å²) in [5.41, 5.74) is 1.14. The maximum Gasteiger partial charge on any atom is 0.307 e. The van der Waals surface area contributed by atoms with Crippen LogP contribution in [-0.2, 0) is 11.2 Å². The van der Waals surface area contributed by atoms with E-state index in [-0.39, 0.29) is 12.2 Å². The van der Waals surface area contributed by atoms with Crippen LogP contribution in [0.5, 0.6) is 5.75 Å². The first-order chi connectivity index (χ1) is 6.02. The molecule has 0 atom stereocenters. The van der Waals surface area contributed by atoms with Crippen molar-refractivity contribution in [2.45, 2.75) is 18.2 Å². The highest BCUT2D eigenvalue weighted by Gasteiger charge is 2.10. The lowest BCUT2D eigenvalue weighted by Crippen LogP contribution is -2.03. The van der Waals surface area contributed by atoms with E-state index >= 15 is 0 Å². The van der Waals surface area contributed by atoms with Crippen molar-refractivity contribution < 1.29 is 15.0 Å². The van der Waals surface area contributed by atoms with Crippen LogP contribution < -0.4 is 0 Å². The Morgan fingerprint density at radius 3 is 2.69 bits per heavy atom. The average molecular weight is 198 g/mol. The zero-order valence-electron chi connectivity index (χ0n) is 7.11. The SMILES string of the molecule is Cc1c(O)ccc(S)c1CC(=O)O. The second kappa shape index (κ2) is 3.70. The zero-order chi connectivity index (χ0) is 10.0. The second-order valence-electron chi connectivity index (χ2n) is 2.78. The molecule has 0 radical (unpaired) electrons. The molecule has 0 aliphatic carbocycles. The van der Waals surface area contributed by atoms with E-state index < -0.39 is 5.97 Å². The van der Waals surface area contributed by atoms with Gasteiger partial charge in [0.05, 0.1) is 6.42 Å². The largest absolute Gasteiger partial charge is 0.508 e. The molecule has 0 spiro atoms. The zero-order valence-corrected chi connectivity index (χ0v) is 8.01. The molecule has 0 unspecified atom stereocenters. The summed E-state index contributed by atoms with van der Waals surface area (Å²) in [6.45, 7) is 1.67. The number of rotatable bonds is 2. The molecule has 0 saturated carbocycles. The second-order valence-corrected chi connectivity index (χ2v) is 3.26. The van der Waals surface area contributed by atoms with E-state index in [4.69, 9.17) is 5.11 Å². The Balaban J connectivity index is 3.17. The van der Waals surface area contributed by atoms with Gasteiger partial charge in [-0.1, -0.05) is 0 Å². The van der Waals surface area contributed by atoms with Crippen LogP contribution in [0.3, 0.4) is 0 Å². The molecule has 2 N–H and O–H groups in total. The Kier molecular flexibility index (Phi) is 2.83. The van der Waals surface area contributed by atoms with Gasteiger partial charge in [0.1, 0.15) is 5.75 Å². The van der Waals surface area contributed by atoms with Crippen molar-refractivity contribution in [2.75, 3.05) is 0 Å². The van der Waals surface area contributed by atoms with E-state index in [0.717, 1.165) is 0 Å². The van der Waals surface area contributed by atoms with Gasteiger partial charge in [0.2, 0.25) is 0 Å². The lowest BCUT2D eigenvalue weighted by molar-refractivity contribution is -0.136. The van der Waals surface area contributed by atoms with Crippen LogP contribution in [0.1, 0.15) is 11.1 Å². The van der Waals surface area contributed by atoms with Gasteiger partial charge in [-0.3, -0.25) is 4.79 Å². The number of thiol groups is 1. The van der Waals surface area contributed by atoms with Crippen molar-refractivity contribution in [2.24, 2.45) is 0 Å². The van der Waals surface area contributed by atoms with Crippen molar-refractivity contribution in [3.63, 3.8) is 0 Å². The third kappa shape index (κ3) is 2.15. The summed E-state index contributed by atoms with van der Waals surface area (Å²) >= 11 is 4.12. The molecule has 0 aromatic heterocycles. The topological polar surface area (TPSA) is 57.5 Å². The summed E-state index contributed by atoms with van der Waals surface area (Å²) in [5.74, 6) is -0.821. The number of aliphatic carboxylic acids is 1. The van der Waals surface area contributed by atoms with Gasteiger partial charge in [-0.05, 0) is 30.2 Å². The standard InChI is InChI=1S/C9H10O3S/c1-5-6(4-9(11)12)8(13)3-2-7(5)10/h2-3,10,13H,4H2,1H3,(H,11,12). The van der Waals surface area contributed by atoms with Crippen LogP contribution in [0.2, 0.25) is 0 Å². The van der Waals surface area contributed by atoms with Gasteiger partial charge in [0.25, 0.3) is 0 Å². The van der Waals surface area contributed by atoms with E-state index in [0.29, 0.717) is 16.0 Å². The Hall–Kier alpha value is -1.16. The Morgan fingerprint density at radius 2 is 2.15 bits per heavy atom. The van der Waals surface area contributed by atoms with Crippen molar-refractivity contribution in [3.8, 4) is 5.75 Å². The molecule has 13 heavy (non-hydrogen) atoms. The highest BCUT2D eigenvalue weighted by molar-refractivity contribution is 7.80. The van der Waals surface area contributed by atoms with Crippen molar-refractivity contribution in [1.82, 2.24) is 0 Å². The number of hydrogen-bond donors (Lipinski definition) is 3. The number of carboxylic acids is 1. The van der Waals surface area contributed by atoms with E-state index in [2.05, 4.69) is 12.6 Å². The first kappa shape index (κ1) is 9.92. The van der Waals surface area contributed by atoms with Crippen LogP contribution in [-0.4, -0.2) is 16.2 Å². The minimum atomic E-state index is -0.927. The van der Waals surface area contributed by atoms with Gasteiger partial charge in [-0.2, -0.15) is 0 Å². The van der Waals surface area contributed by atoms with Crippen LogP contribution in [0.4, 0.5) is 0 Å². The maximum atomic E-state index is 10.5. The average Bonchev–Trinajstić information content (AvgIpc) is 2.05. The van der Waals surface area contributed by atoms with Gasteiger partial charge in [0, 0.05) is 4.90 Å². The molecule has 0 aliphatic heterocycles. The van der Waals surface area contributed by atoms with Crippen LogP contribution in [0, 0.1) is 6.92 Å². The first-order valence-corrected chi connectivity index (χ1v) is 4.19. The minimum Gasteiger partial charge on any atom is -0.508 e. The van der Waals surface area contributed by atoms with Crippen LogP contribution >= 0.6 is 12.6 Å². The number of phenols is 1. The fourth-order valence-corrected chi connectivity index (χ4v) is 1.43. The predicted molar refractivity (Wildman–Crippen MR) is 51.4 cm³/mol. The van der Waals surface area contributed by atoms with Crippen LogP contribution in [0.25, 0.3) is 0 Å². The van der Waals surface area contributed by atoms with E-state index in [1.165, 1.54) is 6.07 Å². The Bertz CT molecular complexity index is 347. The van der Waals surface area contributed by atoms with E-state index in [1.807, 2.05) is 0 Å². The highest BCUT2D eigenvalue weighted by atomic mass is 32.1. The molecule has 0 amide bonds. The molecule has 0 aliphatic rings. The third-order valence-corrected chi connectivity index (χ3v) is 2.29. The summed E-state index contributed by atoms with van der Waals surface area (Å²) in [6.07, 6.45) is -0.112.